The van der Waals surface area contributed by atoms with Gasteiger partial charge in [0.25, 0.3) is 0 Å². The Morgan fingerprint density at radius 3 is 2.00 bits per heavy atom. The van der Waals surface area contributed by atoms with Crippen LogP contribution in [0.1, 0.15) is 20.8 Å². The fourth-order valence-corrected chi connectivity index (χ4v) is 0.744. The highest BCUT2D eigenvalue weighted by Gasteiger charge is 2.14. The van der Waals surface area contributed by atoms with Crippen molar-refractivity contribution in [3.05, 3.63) is 0 Å². The Kier molecular flexibility index (Phi) is 5.91. The molecule has 11 heavy (non-hydrogen) atoms. The quantitative estimate of drug-likeness (QED) is 0.445. The number of rotatable bonds is 5. The van der Waals surface area contributed by atoms with Crippen molar-refractivity contribution in [3.63, 3.8) is 0 Å². The summed E-state index contributed by atoms with van der Waals surface area (Å²) in [6.45, 7) is 7.04. The third-order valence-electron chi connectivity index (χ3n) is 1.33. The summed E-state index contributed by atoms with van der Waals surface area (Å²) in [4.78, 5) is 0. The van der Waals surface area contributed by atoms with Gasteiger partial charge < -0.3 is 9.47 Å². The van der Waals surface area contributed by atoms with Crippen LogP contribution in [-0.2, 0) is 9.47 Å². The second-order valence-electron chi connectivity index (χ2n) is 2.23. The second kappa shape index (κ2) is 6.21. The van der Waals surface area contributed by atoms with Crippen LogP contribution in [0.3, 0.4) is 0 Å². The number of hydrogen-bond donors (Lipinski definition) is 0. The fourth-order valence-electron chi connectivity index (χ4n) is 0.744. The van der Waals surface area contributed by atoms with Crippen molar-refractivity contribution in [3.8, 4) is 12.3 Å². The third-order valence-corrected chi connectivity index (χ3v) is 1.33. The molecule has 2 nitrogen and oxygen atoms in total. The molecule has 1 unspecified atom stereocenters. The van der Waals surface area contributed by atoms with E-state index >= 15 is 0 Å². The molecule has 0 aliphatic rings. The molecule has 64 valence electrons. The highest BCUT2D eigenvalue weighted by molar-refractivity contribution is 4.92. The number of hydrogen-bond acceptors (Lipinski definition) is 2. The van der Waals surface area contributed by atoms with Gasteiger partial charge in [0, 0.05) is 13.2 Å². The maximum atomic E-state index is 5.27. The molecule has 0 heterocycles. The van der Waals surface area contributed by atoms with E-state index in [1.54, 1.807) is 0 Å². The predicted molar refractivity (Wildman–Crippen MR) is 45.0 cm³/mol. The van der Waals surface area contributed by atoms with Crippen LogP contribution in [0, 0.1) is 18.3 Å². The molecule has 0 aromatic rings. The summed E-state index contributed by atoms with van der Waals surface area (Å²) in [7, 11) is 0. The first-order chi connectivity index (χ1) is 5.26. The summed E-state index contributed by atoms with van der Waals surface area (Å²) in [5.41, 5.74) is 0. The van der Waals surface area contributed by atoms with Gasteiger partial charge in [0.05, 0.1) is 5.92 Å². The second-order valence-corrected chi connectivity index (χ2v) is 2.23. The Morgan fingerprint density at radius 1 is 1.27 bits per heavy atom. The van der Waals surface area contributed by atoms with Crippen molar-refractivity contribution in [1.29, 1.82) is 0 Å². The SMILES string of the molecule is C#CC(C)C(OCC)OCC. The molecule has 0 N–H and O–H groups in total. The van der Waals surface area contributed by atoms with Crippen molar-refractivity contribution in [2.75, 3.05) is 13.2 Å². The molecule has 0 rings (SSSR count). The minimum absolute atomic E-state index is 0.0231. The van der Waals surface area contributed by atoms with Gasteiger partial charge in [-0.15, -0.1) is 6.42 Å². The van der Waals surface area contributed by atoms with E-state index in [0.717, 1.165) is 0 Å². The smallest absolute Gasteiger partial charge is 0.170 e. The molecule has 0 fully saturated rings. The molecule has 0 saturated carbocycles. The van der Waals surface area contributed by atoms with Gasteiger partial charge in [0.15, 0.2) is 6.29 Å². The molecular formula is C9H16O2. The minimum atomic E-state index is -0.241. The first-order valence-electron chi connectivity index (χ1n) is 3.95. The van der Waals surface area contributed by atoms with Gasteiger partial charge in [-0.1, -0.05) is 5.92 Å². The van der Waals surface area contributed by atoms with Crippen molar-refractivity contribution < 1.29 is 9.47 Å². The van der Waals surface area contributed by atoms with Crippen LogP contribution >= 0.6 is 0 Å². The van der Waals surface area contributed by atoms with Crippen LogP contribution in [0.15, 0.2) is 0 Å². The van der Waals surface area contributed by atoms with Crippen LogP contribution < -0.4 is 0 Å². The van der Waals surface area contributed by atoms with E-state index < -0.39 is 0 Å². The lowest BCUT2D eigenvalue weighted by Crippen LogP contribution is -2.24. The molecule has 0 radical (unpaired) electrons. The molecule has 0 aliphatic heterocycles. The van der Waals surface area contributed by atoms with Crippen molar-refractivity contribution in [2.45, 2.75) is 27.1 Å². The van der Waals surface area contributed by atoms with E-state index in [9.17, 15) is 0 Å². The minimum Gasteiger partial charge on any atom is -0.352 e. The normalized spacial score (nSPS) is 13.0. The van der Waals surface area contributed by atoms with E-state index in [0.29, 0.717) is 13.2 Å². The standard InChI is InChI=1S/C9H16O2/c1-5-8(4)9(10-6-2)11-7-3/h1,8-9H,6-7H2,2-4H3. The van der Waals surface area contributed by atoms with E-state index in [2.05, 4.69) is 5.92 Å². The summed E-state index contributed by atoms with van der Waals surface area (Å²) in [6.07, 6.45) is 4.98. The Balaban J connectivity index is 3.78. The highest BCUT2D eigenvalue weighted by atomic mass is 16.7. The van der Waals surface area contributed by atoms with Gasteiger partial charge >= 0.3 is 0 Å². The molecule has 0 spiro atoms. The summed E-state index contributed by atoms with van der Waals surface area (Å²) in [6, 6.07) is 0. The molecular weight excluding hydrogens is 140 g/mol. The Morgan fingerprint density at radius 2 is 1.73 bits per heavy atom. The van der Waals surface area contributed by atoms with Crippen molar-refractivity contribution in [1.82, 2.24) is 0 Å². The average molecular weight is 156 g/mol. The van der Waals surface area contributed by atoms with Gasteiger partial charge in [-0.05, 0) is 20.8 Å². The molecule has 0 amide bonds. The fraction of sp³-hybridized carbons (Fsp3) is 0.778. The number of terminal acetylenes is 1. The van der Waals surface area contributed by atoms with Gasteiger partial charge in [-0.2, -0.15) is 0 Å². The van der Waals surface area contributed by atoms with E-state index in [1.165, 1.54) is 0 Å². The molecule has 1 atom stereocenters. The van der Waals surface area contributed by atoms with Gasteiger partial charge in [0.2, 0.25) is 0 Å². The first-order valence-corrected chi connectivity index (χ1v) is 3.95. The molecule has 0 saturated heterocycles. The van der Waals surface area contributed by atoms with Crippen LogP contribution in [-0.4, -0.2) is 19.5 Å². The highest BCUT2D eigenvalue weighted by Crippen LogP contribution is 2.07. The zero-order valence-corrected chi connectivity index (χ0v) is 7.46. The van der Waals surface area contributed by atoms with E-state index in [1.807, 2.05) is 20.8 Å². The van der Waals surface area contributed by atoms with Gasteiger partial charge in [-0.25, -0.2) is 0 Å². The molecule has 0 aliphatic carbocycles. The van der Waals surface area contributed by atoms with E-state index in [4.69, 9.17) is 15.9 Å². The topological polar surface area (TPSA) is 18.5 Å². The van der Waals surface area contributed by atoms with Crippen LogP contribution in [0.4, 0.5) is 0 Å². The Bertz CT molecular complexity index is 120. The third kappa shape index (κ3) is 4.02. The Labute approximate surface area is 68.9 Å². The lowest BCUT2D eigenvalue weighted by molar-refractivity contribution is -0.152. The predicted octanol–water partition coefficient (Wildman–Crippen LogP) is 1.65. The molecule has 0 bridgehead atoms. The maximum absolute atomic E-state index is 5.27. The summed E-state index contributed by atoms with van der Waals surface area (Å²) in [5.74, 6) is 2.61. The van der Waals surface area contributed by atoms with Gasteiger partial charge in [-0.3, -0.25) is 0 Å². The first kappa shape index (κ1) is 10.5. The lowest BCUT2D eigenvalue weighted by Gasteiger charge is -2.19. The van der Waals surface area contributed by atoms with Gasteiger partial charge in [0.1, 0.15) is 0 Å². The summed E-state index contributed by atoms with van der Waals surface area (Å²) < 4.78 is 10.5. The molecule has 0 aromatic heterocycles. The van der Waals surface area contributed by atoms with Crippen LogP contribution in [0.2, 0.25) is 0 Å². The largest absolute Gasteiger partial charge is 0.352 e. The average Bonchev–Trinajstić information content (AvgIpc) is 2.03. The molecule has 2 heteroatoms. The maximum Gasteiger partial charge on any atom is 0.170 e. The number of ether oxygens (including phenoxy) is 2. The van der Waals surface area contributed by atoms with Crippen LogP contribution in [0.25, 0.3) is 0 Å². The zero-order valence-electron chi connectivity index (χ0n) is 7.46. The summed E-state index contributed by atoms with van der Waals surface area (Å²) >= 11 is 0. The van der Waals surface area contributed by atoms with Crippen LogP contribution in [0.5, 0.6) is 0 Å². The summed E-state index contributed by atoms with van der Waals surface area (Å²) in [5, 5.41) is 0. The molecule has 0 aromatic carbocycles. The lowest BCUT2D eigenvalue weighted by atomic mass is 10.2. The van der Waals surface area contributed by atoms with E-state index in [-0.39, 0.29) is 12.2 Å². The van der Waals surface area contributed by atoms with Crippen molar-refractivity contribution in [2.24, 2.45) is 5.92 Å². The van der Waals surface area contributed by atoms with Crippen molar-refractivity contribution >= 4 is 0 Å². The zero-order chi connectivity index (χ0) is 8.69. The monoisotopic (exact) mass is 156 g/mol. The Hall–Kier alpha value is -0.520.